The molecule has 21 heavy (non-hydrogen) atoms. The maximum Gasteiger partial charge on any atom is 0.162 e. The van der Waals surface area contributed by atoms with Gasteiger partial charge < -0.3 is 5.32 Å². The summed E-state index contributed by atoms with van der Waals surface area (Å²) in [5, 5.41) is 2.79. The van der Waals surface area contributed by atoms with Gasteiger partial charge in [0.1, 0.15) is 11.6 Å². The monoisotopic (exact) mass is 361 g/mol. The maximum atomic E-state index is 13.9. The van der Waals surface area contributed by atoms with Gasteiger partial charge in [0.25, 0.3) is 0 Å². The molecule has 0 aliphatic heterocycles. The van der Waals surface area contributed by atoms with Crippen LogP contribution in [0.2, 0.25) is 0 Å². The summed E-state index contributed by atoms with van der Waals surface area (Å²) < 4.78 is 54.4. The van der Waals surface area contributed by atoms with Gasteiger partial charge in [-0.2, -0.15) is 0 Å². The van der Waals surface area contributed by atoms with Gasteiger partial charge in [0, 0.05) is 11.6 Å². The lowest BCUT2D eigenvalue weighted by atomic mass is 9.98. The topological polar surface area (TPSA) is 12.0 Å². The van der Waals surface area contributed by atoms with E-state index >= 15 is 0 Å². The minimum absolute atomic E-state index is 0.00190. The van der Waals surface area contributed by atoms with Gasteiger partial charge in [0.05, 0.1) is 4.47 Å². The molecule has 0 amide bonds. The molecule has 0 bridgehead atoms. The zero-order chi connectivity index (χ0) is 15.6. The van der Waals surface area contributed by atoms with Gasteiger partial charge in [-0.1, -0.05) is 12.1 Å². The third kappa shape index (κ3) is 3.44. The largest absolute Gasteiger partial charge is 0.313 e. The van der Waals surface area contributed by atoms with Crippen molar-refractivity contribution in [2.75, 3.05) is 7.05 Å². The molecule has 0 aliphatic rings. The van der Waals surface area contributed by atoms with E-state index in [-0.39, 0.29) is 22.0 Å². The van der Waals surface area contributed by atoms with E-state index in [1.54, 1.807) is 7.05 Å². The van der Waals surface area contributed by atoms with Crippen molar-refractivity contribution in [3.8, 4) is 0 Å². The summed E-state index contributed by atoms with van der Waals surface area (Å²) in [5.74, 6) is -3.19. The number of rotatable bonds is 4. The van der Waals surface area contributed by atoms with Gasteiger partial charge in [0.15, 0.2) is 11.6 Å². The highest BCUT2D eigenvalue weighted by atomic mass is 79.9. The number of hydrogen-bond donors (Lipinski definition) is 1. The van der Waals surface area contributed by atoms with Crippen molar-refractivity contribution in [2.24, 2.45) is 0 Å². The average Bonchev–Trinajstić information content (AvgIpc) is 2.45. The minimum Gasteiger partial charge on any atom is -0.313 e. The summed E-state index contributed by atoms with van der Waals surface area (Å²) in [4.78, 5) is 0. The molecule has 112 valence electrons. The Kier molecular flexibility index (Phi) is 5.00. The second kappa shape index (κ2) is 6.58. The van der Waals surface area contributed by atoms with E-state index in [1.165, 1.54) is 12.1 Å². The fraction of sp³-hybridized carbons (Fsp3) is 0.200. The Morgan fingerprint density at radius 1 is 1.05 bits per heavy atom. The Hall–Kier alpha value is -1.40. The summed E-state index contributed by atoms with van der Waals surface area (Å²) in [6, 6.07) is 5.17. The van der Waals surface area contributed by atoms with E-state index in [4.69, 9.17) is 0 Å². The highest BCUT2D eigenvalue weighted by molar-refractivity contribution is 9.10. The van der Waals surface area contributed by atoms with Crippen LogP contribution in [0.3, 0.4) is 0 Å². The molecule has 0 aromatic heterocycles. The number of hydrogen-bond acceptors (Lipinski definition) is 1. The molecule has 6 heteroatoms. The molecule has 1 nitrogen and oxygen atoms in total. The summed E-state index contributed by atoms with van der Waals surface area (Å²) in [6.45, 7) is 0. The molecule has 2 aromatic rings. The van der Waals surface area contributed by atoms with Crippen molar-refractivity contribution in [2.45, 2.75) is 12.5 Å². The van der Waals surface area contributed by atoms with E-state index in [9.17, 15) is 17.6 Å². The van der Waals surface area contributed by atoms with Gasteiger partial charge in [-0.05, 0) is 53.2 Å². The first kappa shape index (κ1) is 16.0. The van der Waals surface area contributed by atoms with Crippen LogP contribution >= 0.6 is 15.9 Å². The Bertz CT molecular complexity index is 660. The fourth-order valence-electron chi connectivity index (χ4n) is 2.10. The molecule has 0 heterocycles. The lowest BCUT2D eigenvalue weighted by molar-refractivity contribution is 0.478. The molecule has 0 saturated carbocycles. The summed E-state index contributed by atoms with van der Waals surface area (Å²) in [5.41, 5.74) is 0.152. The van der Waals surface area contributed by atoms with Gasteiger partial charge in [-0.3, -0.25) is 0 Å². The Morgan fingerprint density at radius 2 is 1.76 bits per heavy atom. The van der Waals surface area contributed by atoms with Crippen molar-refractivity contribution < 1.29 is 17.6 Å². The number of nitrogens with one attached hydrogen (secondary N) is 1. The molecule has 0 saturated heterocycles. The normalized spacial score (nSPS) is 12.5. The molecule has 0 spiro atoms. The van der Waals surface area contributed by atoms with E-state index in [0.29, 0.717) is 0 Å². The molecule has 0 aliphatic carbocycles. The molecule has 1 N–H and O–H groups in total. The number of halogens is 5. The Labute approximate surface area is 128 Å². The van der Waals surface area contributed by atoms with Crippen molar-refractivity contribution in [1.29, 1.82) is 0 Å². The molecule has 2 aromatic carbocycles. The second-order valence-electron chi connectivity index (χ2n) is 4.55. The highest BCUT2D eigenvalue weighted by Crippen LogP contribution is 2.27. The second-order valence-corrected chi connectivity index (χ2v) is 5.40. The first-order valence-corrected chi connectivity index (χ1v) is 6.98. The van der Waals surface area contributed by atoms with E-state index in [1.807, 2.05) is 0 Å². The molecule has 0 radical (unpaired) electrons. The van der Waals surface area contributed by atoms with Crippen LogP contribution in [0.1, 0.15) is 17.2 Å². The minimum atomic E-state index is -0.976. The SMILES string of the molecule is CNC(Cc1cccc(F)c1F)c1cc(F)c(Br)cc1F. The van der Waals surface area contributed by atoms with Crippen molar-refractivity contribution in [1.82, 2.24) is 5.32 Å². The highest BCUT2D eigenvalue weighted by Gasteiger charge is 2.19. The summed E-state index contributed by atoms with van der Waals surface area (Å²) >= 11 is 2.89. The Morgan fingerprint density at radius 3 is 2.43 bits per heavy atom. The molecule has 2 rings (SSSR count). The van der Waals surface area contributed by atoms with Crippen LogP contribution in [0.15, 0.2) is 34.8 Å². The average molecular weight is 362 g/mol. The van der Waals surface area contributed by atoms with Crippen LogP contribution in [0.5, 0.6) is 0 Å². The lowest BCUT2D eigenvalue weighted by Crippen LogP contribution is -2.21. The lowest BCUT2D eigenvalue weighted by Gasteiger charge is -2.18. The Balaban J connectivity index is 2.37. The fourth-order valence-corrected chi connectivity index (χ4v) is 2.41. The van der Waals surface area contributed by atoms with Crippen molar-refractivity contribution >= 4 is 15.9 Å². The molecule has 1 atom stereocenters. The van der Waals surface area contributed by atoms with E-state index in [2.05, 4.69) is 21.2 Å². The third-order valence-corrected chi connectivity index (χ3v) is 3.83. The first-order chi connectivity index (χ1) is 9.93. The molecule has 0 fully saturated rings. The first-order valence-electron chi connectivity index (χ1n) is 6.18. The standard InChI is InChI=1S/C15H12BrF4N/c1-21-14(5-8-3-2-4-11(17)15(8)20)9-6-13(19)10(16)7-12(9)18/h2-4,6-7,14,21H,5H2,1H3. The van der Waals surface area contributed by atoms with Gasteiger partial charge in [-0.25, -0.2) is 17.6 Å². The van der Waals surface area contributed by atoms with Crippen molar-refractivity contribution in [3.05, 3.63) is 69.2 Å². The number of likely N-dealkylation sites (N-methyl/N-ethyl adjacent to an activating group) is 1. The third-order valence-electron chi connectivity index (χ3n) is 3.22. The van der Waals surface area contributed by atoms with Crippen LogP contribution in [-0.4, -0.2) is 7.05 Å². The predicted octanol–water partition coefficient (Wildman–Crippen LogP) is 4.51. The van der Waals surface area contributed by atoms with Crippen LogP contribution in [0.25, 0.3) is 0 Å². The molecular formula is C15H12BrF4N. The van der Waals surface area contributed by atoms with Crippen LogP contribution < -0.4 is 5.32 Å². The quantitative estimate of drug-likeness (QED) is 0.624. The zero-order valence-corrected chi connectivity index (χ0v) is 12.6. The van der Waals surface area contributed by atoms with Crippen LogP contribution in [-0.2, 0) is 6.42 Å². The van der Waals surface area contributed by atoms with Crippen LogP contribution in [0.4, 0.5) is 17.6 Å². The smallest absolute Gasteiger partial charge is 0.162 e. The zero-order valence-electron chi connectivity index (χ0n) is 11.1. The van der Waals surface area contributed by atoms with Gasteiger partial charge >= 0.3 is 0 Å². The van der Waals surface area contributed by atoms with E-state index < -0.39 is 29.3 Å². The van der Waals surface area contributed by atoms with Gasteiger partial charge in [0.2, 0.25) is 0 Å². The van der Waals surface area contributed by atoms with Crippen molar-refractivity contribution in [3.63, 3.8) is 0 Å². The van der Waals surface area contributed by atoms with E-state index in [0.717, 1.165) is 18.2 Å². The maximum absolute atomic E-state index is 13.9. The summed E-state index contributed by atoms with van der Waals surface area (Å²) in [7, 11) is 1.54. The van der Waals surface area contributed by atoms with Gasteiger partial charge in [-0.15, -0.1) is 0 Å². The predicted molar refractivity (Wildman–Crippen MR) is 75.9 cm³/mol. The summed E-state index contributed by atoms with van der Waals surface area (Å²) in [6.07, 6.45) is -0.00190. The number of benzene rings is 2. The molecule has 1 unspecified atom stereocenters. The van der Waals surface area contributed by atoms with Crippen LogP contribution in [0, 0.1) is 23.3 Å². The molecular weight excluding hydrogens is 350 g/mol.